The van der Waals surface area contributed by atoms with Crippen molar-refractivity contribution >= 4 is 10.0 Å². The first-order valence-electron chi connectivity index (χ1n) is 6.33. The van der Waals surface area contributed by atoms with Crippen molar-refractivity contribution in [2.45, 2.75) is 26.8 Å². The molecule has 0 spiro atoms. The van der Waals surface area contributed by atoms with E-state index in [1.54, 1.807) is 0 Å². The third-order valence-corrected chi connectivity index (χ3v) is 4.27. The van der Waals surface area contributed by atoms with Crippen LogP contribution < -0.4 is 4.72 Å². The van der Waals surface area contributed by atoms with E-state index in [-0.39, 0.29) is 12.3 Å². The summed E-state index contributed by atoms with van der Waals surface area (Å²) < 4.78 is 27.3. The quantitative estimate of drug-likeness (QED) is 0.851. The smallest absolute Gasteiger partial charge is 0.211 e. The molecule has 1 aromatic carbocycles. The molecule has 0 atom stereocenters. The molecule has 1 N–H and O–H groups in total. The van der Waals surface area contributed by atoms with Gasteiger partial charge in [0, 0.05) is 0 Å². The van der Waals surface area contributed by atoms with Gasteiger partial charge in [-0.1, -0.05) is 24.6 Å². The standard InChI is InChI=1S/C12H17N5O2S/c1-3-8-20(18,19)13-9-12-14-15-16-17(12)11-6-4-10(2)5-7-11/h4-7,13H,3,8-9H2,1-2H3. The van der Waals surface area contributed by atoms with Gasteiger partial charge in [0.2, 0.25) is 10.0 Å². The second-order valence-electron chi connectivity index (χ2n) is 4.48. The highest BCUT2D eigenvalue weighted by Crippen LogP contribution is 2.09. The van der Waals surface area contributed by atoms with Crippen LogP contribution in [0.15, 0.2) is 24.3 Å². The molecule has 1 aromatic heterocycles. The molecule has 0 amide bonds. The molecular formula is C12H17N5O2S. The molecule has 1 heterocycles. The number of nitrogens with one attached hydrogen (secondary N) is 1. The van der Waals surface area contributed by atoms with E-state index in [1.807, 2.05) is 38.1 Å². The predicted octanol–water partition coefficient (Wildman–Crippen LogP) is 0.800. The molecule has 20 heavy (non-hydrogen) atoms. The van der Waals surface area contributed by atoms with Crippen LogP contribution in [0.4, 0.5) is 0 Å². The molecule has 0 aliphatic heterocycles. The van der Waals surface area contributed by atoms with Crippen molar-refractivity contribution in [3.8, 4) is 5.69 Å². The average molecular weight is 295 g/mol. The Labute approximate surface area is 118 Å². The van der Waals surface area contributed by atoms with Gasteiger partial charge in [0.25, 0.3) is 0 Å². The highest BCUT2D eigenvalue weighted by molar-refractivity contribution is 7.89. The largest absolute Gasteiger partial charge is 0.212 e. The summed E-state index contributed by atoms with van der Waals surface area (Å²) >= 11 is 0. The van der Waals surface area contributed by atoms with Gasteiger partial charge in [0.1, 0.15) is 0 Å². The molecule has 0 saturated carbocycles. The van der Waals surface area contributed by atoms with Crippen LogP contribution in [0.2, 0.25) is 0 Å². The molecule has 0 aliphatic carbocycles. The van der Waals surface area contributed by atoms with Crippen LogP contribution in [0.25, 0.3) is 5.69 Å². The van der Waals surface area contributed by atoms with Crippen LogP contribution in [-0.2, 0) is 16.6 Å². The maximum absolute atomic E-state index is 11.6. The molecule has 2 aromatic rings. The molecule has 0 radical (unpaired) electrons. The number of benzene rings is 1. The summed E-state index contributed by atoms with van der Waals surface area (Å²) in [4.78, 5) is 0. The number of aryl methyl sites for hydroxylation is 1. The van der Waals surface area contributed by atoms with Crippen molar-refractivity contribution in [3.05, 3.63) is 35.7 Å². The summed E-state index contributed by atoms with van der Waals surface area (Å²) in [6.07, 6.45) is 0.568. The van der Waals surface area contributed by atoms with Crippen LogP contribution in [0, 0.1) is 6.92 Å². The molecule has 0 aliphatic rings. The third kappa shape index (κ3) is 3.61. The lowest BCUT2D eigenvalue weighted by atomic mass is 10.2. The number of hydrogen-bond donors (Lipinski definition) is 1. The van der Waals surface area contributed by atoms with Crippen molar-refractivity contribution in [2.75, 3.05) is 5.75 Å². The monoisotopic (exact) mass is 295 g/mol. The van der Waals surface area contributed by atoms with Crippen molar-refractivity contribution < 1.29 is 8.42 Å². The molecule has 0 saturated heterocycles. The van der Waals surface area contributed by atoms with E-state index in [4.69, 9.17) is 0 Å². The van der Waals surface area contributed by atoms with Gasteiger partial charge >= 0.3 is 0 Å². The van der Waals surface area contributed by atoms with Gasteiger partial charge in [-0.2, -0.15) is 4.68 Å². The minimum Gasteiger partial charge on any atom is -0.212 e. The molecule has 2 rings (SSSR count). The Morgan fingerprint density at radius 1 is 1.25 bits per heavy atom. The van der Waals surface area contributed by atoms with Crippen LogP contribution in [0.5, 0.6) is 0 Å². The Kier molecular flexibility index (Phi) is 4.46. The number of hydrogen-bond acceptors (Lipinski definition) is 5. The number of tetrazole rings is 1. The lowest BCUT2D eigenvalue weighted by Crippen LogP contribution is -2.27. The summed E-state index contributed by atoms with van der Waals surface area (Å²) in [7, 11) is -3.27. The molecule has 7 nitrogen and oxygen atoms in total. The number of nitrogens with zero attached hydrogens (tertiary/aromatic N) is 4. The third-order valence-electron chi connectivity index (χ3n) is 2.74. The Bertz CT molecular complexity index is 663. The summed E-state index contributed by atoms with van der Waals surface area (Å²) in [5, 5.41) is 11.3. The van der Waals surface area contributed by atoms with E-state index < -0.39 is 10.0 Å². The van der Waals surface area contributed by atoms with Crippen molar-refractivity contribution in [3.63, 3.8) is 0 Å². The van der Waals surface area contributed by atoms with Gasteiger partial charge in [-0.3, -0.25) is 0 Å². The maximum atomic E-state index is 11.6. The van der Waals surface area contributed by atoms with E-state index in [1.165, 1.54) is 4.68 Å². The van der Waals surface area contributed by atoms with Crippen molar-refractivity contribution in [2.24, 2.45) is 0 Å². The van der Waals surface area contributed by atoms with Crippen LogP contribution >= 0.6 is 0 Å². The van der Waals surface area contributed by atoms with Crippen LogP contribution in [0.1, 0.15) is 24.7 Å². The molecule has 0 fully saturated rings. The first-order valence-corrected chi connectivity index (χ1v) is 7.98. The fraction of sp³-hybridized carbons (Fsp3) is 0.417. The molecule has 108 valence electrons. The van der Waals surface area contributed by atoms with E-state index in [9.17, 15) is 8.42 Å². The Hall–Kier alpha value is -1.80. The van der Waals surface area contributed by atoms with Gasteiger partial charge < -0.3 is 0 Å². The zero-order chi connectivity index (χ0) is 14.6. The second kappa shape index (κ2) is 6.10. The van der Waals surface area contributed by atoms with E-state index >= 15 is 0 Å². The highest BCUT2D eigenvalue weighted by atomic mass is 32.2. The summed E-state index contributed by atoms with van der Waals surface area (Å²) in [5.74, 6) is 0.549. The van der Waals surface area contributed by atoms with E-state index in [0.29, 0.717) is 12.2 Å². The Balaban J connectivity index is 2.15. The predicted molar refractivity (Wildman–Crippen MR) is 74.8 cm³/mol. The number of sulfonamides is 1. The fourth-order valence-corrected chi connectivity index (χ4v) is 2.75. The normalized spacial score (nSPS) is 11.7. The van der Waals surface area contributed by atoms with Gasteiger partial charge in [0.05, 0.1) is 18.0 Å². The van der Waals surface area contributed by atoms with Gasteiger partial charge in [-0.25, -0.2) is 13.1 Å². The topological polar surface area (TPSA) is 89.8 Å². The number of rotatable bonds is 6. The Morgan fingerprint density at radius 2 is 1.95 bits per heavy atom. The molecule has 8 heteroatoms. The van der Waals surface area contributed by atoms with E-state index in [2.05, 4.69) is 20.2 Å². The van der Waals surface area contributed by atoms with Gasteiger partial charge in [-0.05, 0) is 35.9 Å². The minimum absolute atomic E-state index is 0.0726. The SMILES string of the molecule is CCCS(=O)(=O)NCc1nnnn1-c1ccc(C)cc1. The minimum atomic E-state index is -3.27. The molecule has 0 bridgehead atoms. The highest BCUT2D eigenvalue weighted by Gasteiger charge is 2.13. The average Bonchev–Trinajstić information content (AvgIpc) is 2.86. The van der Waals surface area contributed by atoms with Gasteiger partial charge in [0.15, 0.2) is 5.82 Å². The zero-order valence-corrected chi connectivity index (χ0v) is 12.3. The first kappa shape index (κ1) is 14.6. The summed E-state index contributed by atoms with van der Waals surface area (Å²) in [6.45, 7) is 3.88. The van der Waals surface area contributed by atoms with E-state index in [0.717, 1.165) is 11.3 Å². The zero-order valence-electron chi connectivity index (χ0n) is 11.4. The molecule has 0 unspecified atom stereocenters. The first-order chi connectivity index (χ1) is 9.52. The van der Waals surface area contributed by atoms with Crippen molar-refractivity contribution in [1.29, 1.82) is 0 Å². The lowest BCUT2D eigenvalue weighted by Gasteiger charge is -2.06. The summed E-state index contributed by atoms with van der Waals surface area (Å²) in [5.41, 5.74) is 1.93. The van der Waals surface area contributed by atoms with Crippen LogP contribution in [0.3, 0.4) is 0 Å². The summed E-state index contributed by atoms with van der Waals surface area (Å²) in [6, 6.07) is 7.66. The number of aromatic nitrogens is 4. The molecular weight excluding hydrogens is 278 g/mol. The second-order valence-corrected chi connectivity index (χ2v) is 6.41. The van der Waals surface area contributed by atoms with Gasteiger partial charge in [-0.15, -0.1) is 5.10 Å². The Morgan fingerprint density at radius 3 is 2.60 bits per heavy atom. The van der Waals surface area contributed by atoms with Crippen molar-refractivity contribution in [1.82, 2.24) is 24.9 Å². The van der Waals surface area contributed by atoms with Crippen LogP contribution in [-0.4, -0.2) is 34.4 Å². The lowest BCUT2D eigenvalue weighted by molar-refractivity contribution is 0.576. The fourth-order valence-electron chi connectivity index (χ4n) is 1.72. The maximum Gasteiger partial charge on any atom is 0.211 e.